The van der Waals surface area contributed by atoms with Crippen molar-refractivity contribution in [2.45, 2.75) is 51.2 Å². The Hall–Kier alpha value is -0.980. The van der Waals surface area contributed by atoms with Crippen molar-refractivity contribution in [3.63, 3.8) is 0 Å². The minimum atomic E-state index is -0.394. The molecule has 1 aromatic heterocycles. The largest absolute Gasteiger partial charge is 0.383 e. The van der Waals surface area contributed by atoms with Gasteiger partial charge in [0.15, 0.2) is 0 Å². The average molecular weight is 283 g/mol. The lowest BCUT2D eigenvalue weighted by atomic mass is 9.95. The van der Waals surface area contributed by atoms with Crippen molar-refractivity contribution in [1.82, 2.24) is 15.5 Å². The Balaban J connectivity index is 2.00. The number of nitrogens with zero attached hydrogens (tertiary/aromatic N) is 2. The number of ether oxygens (including phenoxy) is 2. The van der Waals surface area contributed by atoms with Crippen molar-refractivity contribution in [1.29, 1.82) is 0 Å². The fraction of sp³-hybridized carbons (Fsp3) is 0.857. The van der Waals surface area contributed by atoms with Crippen LogP contribution in [0.3, 0.4) is 0 Å². The third kappa shape index (κ3) is 3.77. The molecule has 1 aliphatic heterocycles. The Morgan fingerprint density at radius 1 is 1.45 bits per heavy atom. The van der Waals surface area contributed by atoms with E-state index in [2.05, 4.69) is 22.4 Å². The number of hydrogen-bond donors (Lipinski definition) is 1. The van der Waals surface area contributed by atoms with E-state index in [0.29, 0.717) is 24.7 Å². The first-order chi connectivity index (χ1) is 9.68. The van der Waals surface area contributed by atoms with Gasteiger partial charge in [-0.05, 0) is 32.7 Å². The molecule has 0 saturated carbocycles. The van der Waals surface area contributed by atoms with Crippen molar-refractivity contribution in [2.75, 3.05) is 26.9 Å². The molecule has 2 atom stereocenters. The van der Waals surface area contributed by atoms with Gasteiger partial charge in [0.2, 0.25) is 11.7 Å². The normalized spacial score (nSPS) is 24.8. The molecule has 6 nitrogen and oxygen atoms in total. The van der Waals surface area contributed by atoms with Gasteiger partial charge < -0.3 is 19.3 Å². The van der Waals surface area contributed by atoms with Crippen LogP contribution in [0.15, 0.2) is 4.52 Å². The number of hydrogen-bond acceptors (Lipinski definition) is 6. The molecule has 2 heterocycles. The van der Waals surface area contributed by atoms with E-state index in [4.69, 9.17) is 14.0 Å². The van der Waals surface area contributed by atoms with Gasteiger partial charge in [-0.15, -0.1) is 0 Å². The number of aromatic nitrogens is 2. The highest BCUT2D eigenvalue weighted by Gasteiger charge is 2.35. The predicted molar refractivity (Wildman–Crippen MR) is 74.5 cm³/mol. The fourth-order valence-corrected chi connectivity index (χ4v) is 2.55. The van der Waals surface area contributed by atoms with E-state index in [9.17, 15) is 0 Å². The molecule has 0 aliphatic carbocycles. The Morgan fingerprint density at radius 3 is 2.95 bits per heavy atom. The van der Waals surface area contributed by atoms with Crippen LogP contribution < -0.4 is 5.32 Å². The molecule has 1 saturated heterocycles. The zero-order chi connectivity index (χ0) is 14.4. The molecule has 2 rings (SSSR count). The summed E-state index contributed by atoms with van der Waals surface area (Å²) in [5, 5.41) is 7.45. The van der Waals surface area contributed by atoms with E-state index in [1.807, 2.05) is 6.92 Å². The number of methoxy groups -OCH3 is 1. The van der Waals surface area contributed by atoms with Gasteiger partial charge in [0.25, 0.3) is 0 Å². The monoisotopic (exact) mass is 283 g/mol. The van der Waals surface area contributed by atoms with Gasteiger partial charge in [0.1, 0.15) is 5.60 Å². The molecule has 0 bridgehead atoms. The van der Waals surface area contributed by atoms with Crippen molar-refractivity contribution >= 4 is 0 Å². The van der Waals surface area contributed by atoms with Crippen molar-refractivity contribution in [3.8, 4) is 0 Å². The summed E-state index contributed by atoms with van der Waals surface area (Å²) >= 11 is 0. The van der Waals surface area contributed by atoms with Crippen LogP contribution >= 0.6 is 0 Å². The van der Waals surface area contributed by atoms with E-state index in [1.165, 1.54) is 0 Å². The maximum absolute atomic E-state index is 5.84. The number of rotatable bonds is 7. The second-order valence-corrected chi connectivity index (χ2v) is 5.46. The quantitative estimate of drug-likeness (QED) is 0.820. The van der Waals surface area contributed by atoms with Crippen LogP contribution in [0.1, 0.15) is 44.8 Å². The molecule has 1 aliphatic rings. The molecule has 0 radical (unpaired) electrons. The minimum absolute atomic E-state index is 0.193. The van der Waals surface area contributed by atoms with Crippen LogP contribution in [-0.2, 0) is 21.5 Å². The molecular weight excluding hydrogens is 258 g/mol. The van der Waals surface area contributed by atoms with E-state index in [-0.39, 0.29) is 6.04 Å². The molecule has 1 N–H and O–H groups in total. The lowest BCUT2D eigenvalue weighted by Crippen LogP contribution is -2.35. The van der Waals surface area contributed by atoms with Gasteiger partial charge in [-0.25, -0.2) is 0 Å². The second-order valence-electron chi connectivity index (χ2n) is 5.46. The Bertz CT molecular complexity index is 396. The predicted octanol–water partition coefficient (Wildman–Crippen LogP) is 1.65. The third-order valence-corrected chi connectivity index (χ3v) is 3.69. The lowest BCUT2D eigenvalue weighted by molar-refractivity contribution is -0.0770. The molecule has 0 spiro atoms. The van der Waals surface area contributed by atoms with Crippen LogP contribution in [0.25, 0.3) is 0 Å². The number of likely N-dealkylation sites (N-methyl/N-ethyl adjacent to an activating group) is 1. The Labute approximate surface area is 120 Å². The van der Waals surface area contributed by atoms with Gasteiger partial charge >= 0.3 is 0 Å². The summed E-state index contributed by atoms with van der Waals surface area (Å²) in [5.74, 6) is 1.30. The highest BCUT2D eigenvalue weighted by Crippen LogP contribution is 2.32. The Morgan fingerprint density at radius 2 is 2.30 bits per heavy atom. The van der Waals surface area contributed by atoms with Crippen molar-refractivity contribution in [2.24, 2.45) is 0 Å². The summed E-state index contributed by atoms with van der Waals surface area (Å²) in [6, 6.07) is 0.193. The van der Waals surface area contributed by atoms with Crippen molar-refractivity contribution < 1.29 is 14.0 Å². The minimum Gasteiger partial charge on any atom is -0.383 e. The zero-order valence-corrected chi connectivity index (χ0v) is 12.6. The lowest BCUT2D eigenvalue weighted by Gasteiger charge is -2.30. The SMILES string of the molecule is CCNC(COC)Cc1nc(C2(C)CCCCO2)no1. The van der Waals surface area contributed by atoms with Gasteiger partial charge in [-0.3, -0.25) is 0 Å². The molecule has 2 unspecified atom stereocenters. The summed E-state index contributed by atoms with van der Waals surface area (Å²) in [5.41, 5.74) is -0.394. The maximum atomic E-state index is 5.84. The molecule has 1 aromatic rings. The third-order valence-electron chi connectivity index (χ3n) is 3.69. The molecule has 0 amide bonds. The van der Waals surface area contributed by atoms with E-state index >= 15 is 0 Å². The first kappa shape index (κ1) is 15.4. The summed E-state index contributed by atoms with van der Waals surface area (Å²) < 4.78 is 16.4. The highest BCUT2D eigenvalue weighted by molar-refractivity contribution is 5.01. The summed E-state index contributed by atoms with van der Waals surface area (Å²) in [6.07, 6.45) is 3.87. The van der Waals surface area contributed by atoms with Crippen LogP contribution in [0.5, 0.6) is 0 Å². The fourth-order valence-electron chi connectivity index (χ4n) is 2.55. The van der Waals surface area contributed by atoms with Crippen LogP contribution in [-0.4, -0.2) is 43.1 Å². The first-order valence-corrected chi connectivity index (χ1v) is 7.37. The van der Waals surface area contributed by atoms with Gasteiger partial charge in [0, 0.05) is 26.2 Å². The van der Waals surface area contributed by atoms with Crippen LogP contribution in [0.2, 0.25) is 0 Å². The van der Waals surface area contributed by atoms with Gasteiger partial charge in [-0.1, -0.05) is 12.1 Å². The standard InChI is InChI=1S/C14H25N3O3/c1-4-15-11(10-18-3)9-12-16-13(17-20-12)14(2)7-5-6-8-19-14/h11,15H,4-10H2,1-3H3. The van der Waals surface area contributed by atoms with Gasteiger partial charge in [0.05, 0.1) is 6.61 Å². The summed E-state index contributed by atoms with van der Waals surface area (Å²) in [7, 11) is 1.69. The zero-order valence-electron chi connectivity index (χ0n) is 12.6. The topological polar surface area (TPSA) is 69.4 Å². The van der Waals surface area contributed by atoms with Crippen LogP contribution in [0.4, 0.5) is 0 Å². The smallest absolute Gasteiger partial charge is 0.228 e. The molecule has 0 aromatic carbocycles. The highest BCUT2D eigenvalue weighted by atomic mass is 16.5. The summed E-state index contributed by atoms with van der Waals surface area (Å²) in [4.78, 5) is 4.51. The molecule has 1 fully saturated rings. The van der Waals surface area contributed by atoms with Crippen molar-refractivity contribution in [3.05, 3.63) is 11.7 Å². The summed E-state index contributed by atoms with van der Waals surface area (Å²) in [6.45, 7) is 6.38. The molecule has 114 valence electrons. The Kier molecular flexibility index (Phi) is 5.51. The molecular formula is C14H25N3O3. The first-order valence-electron chi connectivity index (χ1n) is 7.37. The molecule has 20 heavy (non-hydrogen) atoms. The number of nitrogens with one attached hydrogen (secondary N) is 1. The van der Waals surface area contributed by atoms with Gasteiger partial charge in [-0.2, -0.15) is 4.98 Å². The van der Waals surface area contributed by atoms with E-state index in [0.717, 1.165) is 32.4 Å². The van der Waals surface area contributed by atoms with Crippen LogP contribution in [0, 0.1) is 0 Å². The average Bonchev–Trinajstić information content (AvgIpc) is 2.89. The molecule has 6 heteroatoms. The maximum Gasteiger partial charge on any atom is 0.228 e. The van der Waals surface area contributed by atoms with E-state index in [1.54, 1.807) is 7.11 Å². The van der Waals surface area contributed by atoms with E-state index < -0.39 is 5.60 Å². The second kappa shape index (κ2) is 7.15.